The fourth-order valence-electron chi connectivity index (χ4n) is 1.24. The van der Waals surface area contributed by atoms with E-state index < -0.39 is 0 Å². The van der Waals surface area contributed by atoms with Gasteiger partial charge in [-0.2, -0.15) is 0 Å². The summed E-state index contributed by atoms with van der Waals surface area (Å²) in [7, 11) is 0. The molecule has 1 N–H and O–H groups in total. The van der Waals surface area contributed by atoms with Gasteiger partial charge in [-0.15, -0.1) is 0 Å². The fourth-order valence-corrected chi connectivity index (χ4v) is 3.12. The Balaban J connectivity index is 2.23. The highest BCUT2D eigenvalue weighted by Crippen LogP contribution is 2.26. The van der Waals surface area contributed by atoms with Crippen LogP contribution in [-0.2, 0) is 0 Å². The third kappa shape index (κ3) is 3.24. The number of benzene rings is 2. The molecule has 0 aliphatic heterocycles. The molecule has 0 aliphatic carbocycles. The van der Waals surface area contributed by atoms with Gasteiger partial charge in [0.05, 0.1) is 0 Å². The van der Waals surface area contributed by atoms with Crippen LogP contribution in [0.1, 0.15) is 0 Å². The van der Waals surface area contributed by atoms with Crippen LogP contribution in [0.5, 0.6) is 17.2 Å². The Labute approximate surface area is 121 Å². The highest BCUT2D eigenvalue weighted by Gasteiger charge is 2.00. The van der Waals surface area contributed by atoms with Gasteiger partial charge < -0.3 is 9.84 Å². The molecule has 0 amide bonds. The van der Waals surface area contributed by atoms with E-state index in [0.717, 1.165) is 18.6 Å². The van der Waals surface area contributed by atoms with Gasteiger partial charge in [0.15, 0.2) is 0 Å². The van der Waals surface area contributed by atoms with Crippen LogP contribution >= 0.6 is 45.2 Å². The number of phenolic OH excluding ortho intramolecular Hbond substituents is 1. The minimum absolute atomic E-state index is 0.240. The lowest BCUT2D eigenvalue weighted by Gasteiger charge is -2.06. The Kier molecular flexibility index (Phi) is 3.91. The second-order valence-corrected chi connectivity index (χ2v) is 5.69. The first-order chi connectivity index (χ1) is 7.63. The van der Waals surface area contributed by atoms with Gasteiger partial charge in [-0.1, -0.05) is 0 Å². The Morgan fingerprint density at radius 1 is 0.812 bits per heavy atom. The molecule has 82 valence electrons. The van der Waals surface area contributed by atoms with E-state index >= 15 is 0 Å². The van der Waals surface area contributed by atoms with Crippen LogP contribution in [0, 0.1) is 7.14 Å². The molecule has 0 aliphatic rings. The summed E-state index contributed by atoms with van der Waals surface area (Å²) in [5.41, 5.74) is 0. The lowest BCUT2D eigenvalue weighted by Crippen LogP contribution is -1.85. The summed E-state index contributed by atoms with van der Waals surface area (Å²) in [6, 6.07) is 12.7. The first-order valence-corrected chi connectivity index (χ1v) is 6.72. The van der Waals surface area contributed by atoms with Gasteiger partial charge in [0.25, 0.3) is 0 Å². The molecule has 0 bridgehead atoms. The molecule has 2 aromatic carbocycles. The zero-order valence-electron chi connectivity index (χ0n) is 8.15. The number of hydrogen-bond donors (Lipinski definition) is 1. The predicted molar refractivity (Wildman–Crippen MR) is 80.1 cm³/mol. The summed E-state index contributed by atoms with van der Waals surface area (Å²) >= 11 is 4.51. The average molecular weight is 438 g/mol. The molecule has 0 unspecified atom stereocenters. The molecule has 2 aromatic rings. The molecule has 0 radical (unpaired) electrons. The summed E-state index contributed by atoms with van der Waals surface area (Å²) < 4.78 is 7.95. The zero-order chi connectivity index (χ0) is 11.5. The Hall–Kier alpha value is -0.500. The van der Waals surface area contributed by atoms with Crippen molar-refractivity contribution in [2.75, 3.05) is 0 Å². The maximum atomic E-state index is 9.15. The Morgan fingerprint density at radius 3 is 1.94 bits per heavy atom. The van der Waals surface area contributed by atoms with E-state index in [2.05, 4.69) is 51.2 Å². The van der Waals surface area contributed by atoms with E-state index in [1.54, 1.807) is 24.3 Å². The average Bonchev–Trinajstić information content (AvgIpc) is 2.20. The minimum Gasteiger partial charge on any atom is -0.508 e. The quantitative estimate of drug-likeness (QED) is 0.706. The second kappa shape index (κ2) is 5.22. The molecule has 2 rings (SSSR count). The topological polar surface area (TPSA) is 29.5 Å². The fraction of sp³-hybridized carbons (Fsp3) is 0. The molecule has 0 saturated heterocycles. The molecule has 0 spiro atoms. The number of hydrogen-bond acceptors (Lipinski definition) is 2. The molecule has 0 heterocycles. The number of ether oxygens (including phenoxy) is 1. The zero-order valence-corrected chi connectivity index (χ0v) is 12.5. The van der Waals surface area contributed by atoms with Crippen LogP contribution in [0.3, 0.4) is 0 Å². The summed E-state index contributed by atoms with van der Waals surface area (Å²) in [5, 5.41) is 9.15. The van der Waals surface area contributed by atoms with Crippen LogP contribution in [0.25, 0.3) is 0 Å². The molecule has 0 saturated carbocycles. The van der Waals surface area contributed by atoms with Crippen molar-refractivity contribution < 1.29 is 9.84 Å². The number of phenols is 1. The van der Waals surface area contributed by atoms with Crippen molar-refractivity contribution in [3.8, 4) is 17.2 Å². The third-order valence-corrected chi connectivity index (χ3v) is 3.15. The van der Waals surface area contributed by atoms with Crippen molar-refractivity contribution in [1.82, 2.24) is 0 Å². The maximum Gasteiger partial charge on any atom is 0.129 e. The number of aromatic hydroxyl groups is 1. The van der Waals surface area contributed by atoms with Crippen molar-refractivity contribution in [2.45, 2.75) is 0 Å². The highest BCUT2D eigenvalue weighted by molar-refractivity contribution is 14.1. The van der Waals surface area contributed by atoms with Gasteiger partial charge in [0.2, 0.25) is 0 Å². The van der Waals surface area contributed by atoms with Crippen molar-refractivity contribution in [3.63, 3.8) is 0 Å². The molecular weight excluding hydrogens is 430 g/mol. The highest BCUT2D eigenvalue weighted by atomic mass is 127. The molecule has 0 atom stereocenters. The summed E-state index contributed by atoms with van der Waals surface area (Å²) in [5.74, 6) is 1.77. The van der Waals surface area contributed by atoms with Gasteiger partial charge in [0.1, 0.15) is 17.2 Å². The largest absolute Gasteiger partial charge is 0.508 e. The molecular formula is C12H8I2O2. The van der Waals surface area contributed by atoms with Crippen LogP contribution in [-0.4, -0.2) is 5.11 Å². The van der Waals surface area contributed by atoms with Crippen LogP contribution in [0.2, 0.25) is 0 Å². The van der Waals surface area contributed by atoms with Gasteiger partial charge >= 0.3 is 0 Å². The van der Waals surface area contributed by atoms with Crippen molar-refractivity contribution in [2.24, 2.45) is 0 Å². The van der Waals surface area contributed by atoms with Gasteiger partial charge in [-0.3, -0.25) is 0 Å². The van der Waals surface area contributed by atoms with Gasteiger partial charge in [-0.05, 0) is 87.6 Å². The van der Waals surface area contributed by atoms with Crippen LogP contribution < -0.4 is 4.74 Å². The Morgan fingerprint density at radius 2 is 1.38 bits per heavy atom. The van der Waals surface area contributed by atoms with Crippen molar-refractivity contribution in [3.05, 3.63) is 49.6 Å². The smallest absolute Gasteiger partial charge is 0.129 e. The van der Waals surface area contributed by atoms with E-state index in [9.17, 15) is 0 Å². The minimum atomic E-state index is 0.240. The van der Waals surface area contributed by atoms with Gasteiger partial charge in [0, 0.05) is 7.14 Å². The third-order valence-electron chi connectivity index (χ3n) is 1.91. The molecule has 16 heavy (non-hydrogen) atoms. The summed E-state index contributed by atoms with van der Waals surface area (Å²) in [4.78, 5) is 0. The Bertz CT molecular complexity index is 475. The first kappa shape index (κ1) is 12.0. The van der Waals surface area contributed by atoms with E-state index in [1.165, 1.54) is 0 Å². The van der Waals surface area contributed by atoms with Crippen LogP contribution in [0.4, 0.5) is 0 Å². The predicted octanol–water partition coefficient (Wildman–Crippen LogP) is 4.39. The lowest BCUT2D eigenvalue weighted by atomic mass is 10.3. The second-order valence-electron chi connectivity index (χ2n) is 3.20. The maximum absolute atomic E-state index is 9.15. The molecule has 0 fully saturated rings. The number of rotatable bonds is 2. The van der Waals surface area contributed by atoms with E-state index in [1.807, 2.05) is 12.1 Å². The summed E-state index contributed by atoms with van der Waals surface area (Å²) in [6.07, 6.45) is 0. The normalized spacial score (nSPS) is 10.1. The lowest BCUT2D eigenvalue weighted by molar-refractivity contribution is 0.464. The molecule has 2 nitrogen and oxygen atoms in total. The monoisotopic (exact) mass is 438 g/mol. The SMILES string of the molecule is Oc1ccc(Oc2cc(I)cc(I)c2)cc1. The number of halogens is 2. The molecule has 4 heteroatoms. The van der Waals surface area contributed by atoms with E-state index in [0.29, 0.717) is 0 Å². The van der Waals surface area contributed by atoms with Crippen LogP contribution in [0.15, 0.2) is 42.5 Å². The van der Waals surface area contributed by atoms with E-state index in [4.69, 9.17) is 9.84 Å². The standard InChI is InChI=1S/C12H8I2O2/c13-8-5-9(14)7-12(6-8)16-11-3-1-10(15)2-4-11/h1-7,15H. The van der Waals surface area contributed by atoms with Crippen molar-refractivity contribution in [1.29, 1.82) is 0 Å². The van der Waals surface area contributed by atoms with E-state index in [-0.39, 0.29) is 5.75 Å². The first-order valence-electron chi connectivity index (χ1n) is 4.56. The summed E-state index contributed by atoms with van der Waals surface area (Å²) in [6.45, 7) is 0. The van der Waals surface area contributed by atoms with Crippen molar-refractivity contribution >= 4 is 45.2 Å². The van der Waals surface area contributed by atoms with Gasteiger partial charge in [-0.25, -0.2) is 0 Å². The molecule has 0 aromatic heterocycles.